The zero-order chi connectivity index (χ0) is 13.7. The van der Waals surface area contributed by atoms with Crippen LogP contribution in [0.25, 0.3) is 11.1 Å². The van der Waals surface area contributed by atoms with Gasteiger partial charge in [-0.2, -0.15) is 0 Å². The van der Waals surface area contributed by atoms with Crippen LogP contribution >= 0.6 is 0 Å². The predicted molar refractivity (Wildman–Crippen MR) is 77.7 cm³/mol. The lowest BCUT2D eigenvalue weighted by Crippen LogP contribution is -2.06. The van der Waals surface area contributed by atoms with Gasteiger partial charge < -0.3 is 14.8 Å². The highest BCUT2D eigenvalue weighted by molar-refractivity contribution is 5.70. The van der Waals surface area contributed by atoms with E-state index in [9.17, 15) is 0 Å². The molecule has 3 heteroatoms. The minimum absolute atomic E-state index is 0.800. The number of rotatable bonds is 5. The van der Waals surface area contributed by atoms with Crippen LogP contribution in [-0.4, -0.2) is 21.3 Å². The lowest BCUT2D eigenvalue weighted by Gasteiger charge is -2.12. The highest BCUT2D eigenvalue weighted by Gasteiger charge is 2.07. The first kappa shape index (κ1) is 13.4. The quantitative estimate of drug-likeness (QED) is 0.893. The van der Waals surface area contributed by atoms with Crippen molar-refractivity contribution >= 4 is 0 Å². The van der Waals surface area contributed by atoms with E-state index >= 15 is 0 Å². The molecule has 0 aromatic heterocycles. The molecule has 2 rings (SSSR count). The average molecular weight is 257 g/mol. The van der Waals surface area contributed by atoms with E-state index in [4.69, 9.17) is 9.47 Å². The maximum absolute atomic E-state index is 5.32. The molecule has 0 spiro atoms. The molecule has 19 heavy (non-hydrogen) atoms. The Morgan fingerprint density at radius 3 is 2.16 bits per heavy atom. The topological polar surface area (TPSA) is 30.5 Å². The number of hydrogen-bond acceptors (Lipinski definition) is 3. The lowest BCUT2D eigenvalue weighted by atomic mass is 9.99. The molecule has 0 saturated carbocycles. The second-order valence-corrected chi connectivity index (χ2v) is 4.29. The molecule has 0 aliphatic heterocycles. The number of nitrogens with one attached hydrogen (secondary N) is 1. The highest BCUT2D eigenvalue weighted by Crippen LogP contribution is 2.31. The molecule has 3 nitrogen and oxygen atoms in total. The summed E-state index contributed by atoms with van der Waals surface area (Å²) < 4.78 is 10.6. The molecule has 0 aliphatic rings. The van der Waals surface area contributed by atoms with E-state index in [2.05, 4.69) is 17.4 Å². The summed E-state index contributed by atoms with van der Waals surface area (Å²) in [6.45, 7) is 0.829. The number of methoxy groups -OCH3 is 2. The minimum atomic E-state index is 0.800. The molecule has 0 radical (unpaired) electrons. The zero-order valence-electron chi connectivity index (χ0n) is 11.6. The molecule has 0 heterocycles. The molecule has 0 saturated heterocycles. The summed E-state index contributed by atoms with van der Waals surface area (Å²) >= 11 is 0. The first-order chi connectivity index (χ1) is 9.28. The Hall–Kier alpha value is -2.00. The molecule has 2 aromatic carbocycles. The van der Waals surface area contributed by atoms with Gasteiger partial charge in [0.25, 0.3) is 0 Å². The molecule has 0 atom stereocenters. The largest absolute Gasteiger partial charge is 0.497 e. The van der Waals surface area contributed by atoms with Gasteiger partial charge in [0.05, 0.1) is 14.2 Å². The molecule has 0 aliphatic carbocycles. The Labute approximate surface area is 114 Å². The van der Waals surface area contributed by atoms with Crippen molar-refractivity contribution in [3.63, 3.8) is 0 Å². The fourth-order valence-electron chi connectivity index (χ4n) is 2.11. The van der Waals surface area contributed by atoms with Crippen molar-refractivity contribution < 1.29 is 9.47 Å². The van der Waals surface area contributed by atoms with Crippen molar-refractivity contribution in [3.05, 3.63) is 48.0 Å². The predicted octanol–water partition coefficient (Wildman–Crippen LogP) is 3.09. The maximum Gasteiger partial charge on any atom is 0.123 e. The van der Waals surface area contributed by atoms with Crippen LogP contribution in [0.1, 0.15) is 5.56 Å². The third-order valence-corrected chi connectivity index (χ3v) is 3.05. The second kappa shape index (κ2) is 6.25. The van der Waals surface area contributed by atoms with E-state index in [1.54, 1.807) is 14.2 Å². The molecule has 0 bridgehead atoms. The van der Waals surface area contributed by atoms with Crippen molar-refractivity contribution in [2.24, 2.45) is 0 Å². The second-order valence-electron chi connectivity index (χ2n) is 4.29. The summed E-state index contributed by atoms with van der Waals surface area (Å²) in [4.78, 5) is 0. The van der Waals surface area contributed by atoms with E-state index in [-0.39, 0.29) is 0 Å². The standard InChI is InChI=1S/C16H19NO2/c1-17-11-12-6-4-5-7-16(12)13-8-14(18-2)10-15(9-13)19-3/h4-10,17H,11H2,1-3H3. The van der Waals surface area contributed by atoms with Crippen molar-refractivity contribution in [1.29, 1.82) is 0 Å². The lowest BCUT2D eigenvalue weighted by molar-refractivity contribution is 0.394. The molecule has 0 fully saturated rings. The number of ether oxygens (including phenoxy) is 2. The molecule has 0 unspecified atom stereocenters. The van der Waals surface area contributed by atoms with Crippen molar-refractivity contribution in [1.82, 2.24) is 5.32 Å². The van der Waals surface area contributed by atoms with E-state index in [1.807, 2.05) is 37.4 Å². The monoisotopic (exact) mass is 257 g/mol. The average Bonchev–Trinajstić information content (AvgIpc) is 2.47. The van der Waals surface area contributed by atoms with E-state index in [1.165, 1.54) is 11.1 Å². The summed E-state index contributed by atoms with van der Waals surface area (Å²) in [5.74, 6) is 1.60. The Morgan fingerprint density at radius 1 is 0.947 bits per heavy atom. The van der Waals surface area contributed by atoms with E-state index < -0.39 is 0 Å². The van der Waals surface area contributed by atoms with Gasteiger partial charge in [0.1, 0.15) is 11.5 Å². The van der Waals surface area contributed by atoms with Crippen LogP contribution in [0.3, 0.4) is 0 Å². The van der Waals surface area contributed by atoms with Gasteiger partial charge in [-0.25, -0.2) is 0 Å². The van der Waals surface area contributed by atoms with E-state index in [0.717, 1.165) is 23.6 Å². The van der Waals surface area contributed by atoms with Crippen molar-refractivity contribution in [3.8, 4) is 22.6 Å². The Balaban J connectivity index is 2.51. The molecule has 100 valence electrons. The van der Waals surface area contributed by atoms with Gasteiger partial charge in [-0.3, -0.25) is 0 Å². The Kier molecular flexibility index (Phi) is 4.42. The molecular formula is C16H19NO2. The van der Waals surface area contributed by atoms with Crippen LogP contribution in [0.2, 0.25) is 0 Å². The smallest absolute Gasteiger partial charge is 0.123 e. The van der Waals surface area contributed by atoms with Crippen LogP contribution < -0.4 is 14.8 Å². The third-order valence-electron chi connectivity index (χ3n) is 3.05. The fourth-order valence-corrected chi connectivity index (χ4v) is 2.11. The normalized spacial score (nSPS) is 10.3. The van der Waals surface area contributed by atoms with Gasteiger partial charge >= 0.3 is 0 Å². The first-order valence-electron chi connectivity index (χ1n) is 6.24. The number of benzene rings is 2. The highest BCUT2D eigenvalue weighted by atomic mass is 16.5. The summed E-state index contributed by atoms with van der Waals surface area (Å²) in [5, 5.41) is 3.19. The van der Waals surface area contributed by atoms with Gasteiger partial charge in [-0.05, 0) is 35.9 Å². The van der Waals surface area contributed by atoms with Crippen LogP contribution in [0, 0.1) is 0 Å². The van der Waals surface area contributed by atoms with Crippen LogP contribution in [0.5, 0.6) is 11.5 Å². The maximum atomic E-state index is 5.32. The third kappa shape index (κ3) is 3.06. The molecule has 2 aromatic rings. The van der Waals surface area contributed by atoms with E-state index in [0.29, 0.717) is 0 Å². The Bertz CT molecular complexity index is 530. The number of hydrogen-bond donors (Lipinski definition) is 1. The van der Waals surface area contributed by atoms with Gasteiger partial charge in [0.2, 0.25) is 0 Å². The zero-order valence-corrected chi connectivity index (χ0v) is 11.6. The fraction of sp³-hybridized carbons (Fsp3) is 0.250. The van der Waals surface area contributed by atoms with Gasteiger partial charge in [0, 0.05) is 12.6 Å². The first-order valence-corrected chi connectivity index (χ1v) is 6.24. The Morgan fingerprint density at radius 2 is 1.58 bits per heavy atom. The van der Waals surface area contributed by atoms with Crippen LogP contribution in [0.4, 0.5) is 0 Å². The van der Waals surface area contributed by atoms with Crippen molar-refractivity contribution in [2.45, 2.75) is 6.54 Å². The van der Waals surface area contributed by atoms with Gasteiger partial charge in [0.15, 0.2) is 0 Å². The SMILES string of the molecule is CNCc1ccccc1-c1cc(OC)cc(OC)c1. The minimum Gasteiger partial charge on any atom is -0.497 e. The van der Waals surface area contributed by atoms with Gasteiger partial charge in [-0.1, -0.05) is 24.3 Å². The van der Waals surface area contributed by atoms with Crippen LogP contribution in [0.15, 0.2) is 42.5 Å². The molecule has 0 amide bonds. The summed E-state index contributed by atoms with van der Waals surface area (Å²) in [7, 11) is 5.28. The molecule has 1 N–H and O–H groups in total. The van der Waals surface area contributed by atoms with Gasteiger partial charge in [-0.15, -0.1) is 0 Å². The van der Waals surface area contributed by atoms with Crippen LogP contribution in [-0.2, 0) is 6.54 Å². The summed E-state index contributed by atoms with van der Waals surface area (Å²) in [6.07, 6.45) is 0. The van der Waals surface area contributed by atoms with Crippen molar-refractivity contribution in [2.75, 3.05) is 21.3 Å². The molecular weight excluding hydrogens is 238 g/mol. The summed E-state index contributed by atoms with van der Waals surface area (Å²) in [6, 6.07) is 14.3. The summed E-state index contributed by atoms with van der Waals surface area (Å²) in [5.41, 5.74) is 3.54.